The summed E-state index contributed by atoms with van der Waals surface area (Å²) in [7, 11) is 3.40. The number of rotatable bonds is 3. The van der Waals surface area contributed by atoms with Crippen molar-refractivity contribution in [2.24, 2.45) is 0 Å². The van der Waals surface area contributed by atoms with Gasteiger partial charge < -0.3 is 9.64 Å². The molecule has 0 bridgehead atoms. The number of methoxy groups -OCH3 is 1. The molecular weight excluding hydrogens is 214 g/mol. The van der Waals surface area contributed by atoms with Crippen molar-refractivity contribution in [1.82, 2.24) is 0 Å². The van der Waals surface area contributed by atoms with E-state index in [-0.39, 0.29) is 5.97 Å². The largest absolute Gasteiger partial charge is 0.465 e. The van der Waals surface area contributed by atoms with Crippen molar-refractivity contribution in [3.63, 3.8) is 0 Å². The van der Waals surface area contributed by atoms with E-state index in [4.69, 9.17) is 0 Å². The van der Waals surface area contributed by atoms with E-state index in [1.54, 1.807) is 6.07 Å². The van der Waals surface area contributed by atoms with E-state index in [0.29, 0.717) is 5.56 Å². The molecule has 0 spiro atoms. The van der Waals surface area contributed by atoms with Gasteiger partial charge in [-0.3, -0.25) is 0 Å². The minimum Gasteiger partial charge on any atom is -0.465 e. The van der Waals surface area contributed by atoms with E-state index < -0.39 is 0 Å². The quantitative estimate of drug-likeness (QED) is 0.756. The van der Waals surface area contributed by atoms with Crippen LogP contribution in [0.1, 0.15) is 36.7 Å². The molecule has 0 amide bonds. The first-order valence-electron chi connectivity index (χ1n) is 6.00. The zero-order valence-corrected chi connectivity index (χ0v) is 11.7. The second-order valence-corrected chi connectivity index (χ2v) is 3.51. The summed E-state index contributed by atoms with van der Waals surface area (Å²) in [5.41, 5.74) is 2.82. The van der Waals surface area contributed by atoms with Gasteiger partial charge in [0.05, 0.1) is 12.7 Å². The van der Waals surface area contributed by atoms with Crippen LogP contribution in [0, 0.1) is 6.92 Å². The predicted molar refractivity (Wildman–Crippen MR) is 72.8 cm³/mol. The number of carbonyl (C=O) groups is 1. The van der Waals surface area contributed by atoms with Crippen molar-refractivity contribution in [3.05, 3.63) is 29.3 Å². The van der Waals surface area contributed by atoms with Gasteiger partial charge in [-0.2, -0.15) is 0 Å². The third kappa shape index (κ3) is 4.10. The van der Waals surface area contributed by atoms with Crippen molar-refractivity contribution in [2.45, 2.75) is 27.7 Å². The Balaban J connectivity index is 0.00000121. The van der Waals surface area contributed by atoms with E-state index in [2.05, 4.69) is 16.6 Å². The second-order valence-electron chi connectivity index (χ2n) is 3.51. The normalized spacial score (nSPS) is 9.06. The first-order chi connectivity index (χ1) is 8.10. The van der Waals surface area contributed by atoms with Gasteiger partial charge >= 0.3 is 5.97 Å². The number of aryl methyl sites for hydroxylation is 1. The molecule has 0 aliphatic heterocycles. The molecule has 0 aromatic heterocycles. The van der Waals surface area contributed by atoms with E-state index in [9.17, 15) is 4.79 Å². The number of anilines is 1. The zero-order valence-electron chi connectivity index (χ0n) is 11.7. The van der Waals surface area contributed by atoms with Gasteiger partial charge in [0.2, 0.25) is 0 Å². The average Bonchev–Trinajstić information content (AvgIpc) is 2.39. The number of benzene rings is 1. The monoisotopic (exact) mass is 237 g/mol. The summed E-state index contributed by atoms with van der Waals surface area (Å²) >= 11 is 0. The molecule has 0 saturated carbocycles. The Morgan fingerprint density at radius 1 is 1.35 bits per heavy atom. The molecule has 0 aliphatic carbocycles. The van der Waals surface area contributed by atoms with Crippen LogP contribution >= 0.6 is 0 Å². The molecule has 0 saturated heterocycles. The van der Waals surface area contributed by atoms with Crippen LogP contribution in [0.2, 0.25) is 0 Å². The van der Waals surface area contributed by atoms with E-state index in [1.165, 1.54) is 7.11 Å². The molecule has 0 aliphatic rings. The molecule has 1 rings (SSSR count). The number of hydrogen-bond donors (Lipinski definition) is 0. The number of nitrogens with zero attached hydrogens (tertiary/aromatic N) is 1. The Morgan fingerprint density at radius 3 is 2.41 bits per heavy atom. The lowest BCUT2D eigenvalue weighted by Crippen LogP contribution is -2.17. The fraction of sp³-hybridized carbons (Fsp3) is 0.500. The SMILES string of the molecule is CC.CCN(C)c1cc(C(=O)OC)ccc1C. The number of carbonyl (C=O) groups excluding carboxylic acids is 1. The summed E-state index contributed by atoms with van der Waals surface area (Å²) in [4.78, 5) is 13.4. The van der Waals surface area contributed by atoms with Crippen molar-refractivity contribution in [3.8, 4) is 0 Å². The Labute approximate surface area is 104 Å². The van der Waals surface area contributed by atoms with Gasteiger partial charge in [0.25, 0.3) is 0 Å². The molecule has 0 atom stereocenters. The van der Waals surface area contributed by atoms with Crippen LogP contribution in [0.3, 0.4) is 0 Å². The second kappa shape index (κ2) is 7.71. The van der Waals surface area contributed by atoms with Crippen molar-refractivity contribution < 1.29 is 9.53 Å². The van der Waals surface area contributed by atoms with E-state index in [1.807, 2.05) is 40.0 Å². The molecular formula is C14H23NO2. The van der Waals surface area contributed by atoms with Crippen LogP contribution in [-0.4, -0.2) is 26.7 Å². The molecule has 0 unspecified atom stereocenters. The molecule has 0 fully saturated rings. The van der Waals surface area contributed by atoms with E-state index in [0.717, 1.165) is 17.8 Å². The average molecular weight is 237 g/mol. The lowest BCUT2D eigenvalue weighted by atomic mass is 10.1. The molecule has 3 heteroatoms. The highest BCUT2D eigenvalue weighted by atomic mass is 16.5. The van der Waals surface area contributed by atoms with Crippen LogP contribution in [0.25, 0.3) is 0 Å². The first-order valence-corrected chi connectivity index (χ1v) is 6.00. The number of ether oxygens (including phenoxy) is 1. The predicted octanol–water partition coefficient (Wildman–Crippen LogP) is 3.26. The Hall–Kier alpha value is -1.51. The minimum absolute atomic E-state index is 0.291. The minimum atomic E-state index is -0.291. The molecule has 0 N–H and O–H groups in total. The van der Waals surface area contributed by atoms with Crippen LogP contribution in [0.4, 0.5) is 5.69 Å². The summed E-state index contributed by atoms with van der Waals surface area (Å²) in [6, 6.07) is 5.59. The van der Waals surface area contributed by atoms with Gasteiger partial charge in [-0.15, -0.1) is 0 Å². The fourth-order valence-corrected chi connectivity index (χ4v) is 1.44. The van der Waals surface area contributed by atoms with Crippen LogP contribution in [0.5, 0.6) is 0 Å². The molecule has 1 aromatic rings. The Bertz CT molecular complexity index is 361. The highest BCUT2D eigenvalue weighted by Gasteiger charge is 2.09. The highest BCUT2D eigenvalue weighted by molar-refractivity contribution is 5.90. The molecule has 0 heterocycles. The van der Waals surface area contributed by atoms with Gasteiger partial charge in [0, 0.05) is 19.3 Å². The number of esters is 1. The topological polar surface area (TPSA) is 29.5 Å². The van der Waals surface area contributed by atoms with Gasteiger partial charge in [0.1, 0.15) is 0 Å². The van der Waals surface area contributed by atoms with Gasteiger partial charge in [-0.25, -0.2) is 4.79 Å². The van der Waals surface area contributed by atoms with Crippen LogP contribution < -0.4 is 4.90 Å². The highest BCUT2D eigenvalue weighted by Crippen LogP contribution is 2.20. The van der Waals surface area contributed by atoms with Crippen molar-refractivity contribution >= 4 is 11.7 Å². The van der Waals surface area contributed by atoms with Gasteiger partial charge in [0.15, 0.2) is 0 Å². The number of hydrogen-bond acceptors (Lipinski definition) is 3. The van der Waals surface area contributed by atoms with Gasteiger partial charge in [-0.05, 0) is 31.5 Å². The lowest BCUT2D eigenvalue weighted by Gasteiger charge is -2.19. The maximum Gasteiger partial charge on any atom is 0.337 e. The summed E-state index contributed by atoms with van der Waals surface area (Å²) in [6.45, 7) is 9.01. The van der Waals surface area contributed by atoms with Crippen LogP contribution in [-0.2, 0) is 4.74 Å². The first kappa shape index (κ1) is 15.5. The molecule has 0 radical (unpaired) electrons. The Kier molecular flexibility index (Phi) is 7.03. The fourth-order valence-electron chi connectivity index (χ4n) is 1.44. The van der Waals surface area contributed by atoms with Crippen LogP contribution in [0.15, 0.2) is 18.2 Å². The van der Waals surface area contributed by atoms with Crippen molar-refractivity contribution in [2.75, 3.05) is 25.6 Å². The lowest BCUT2D eigenvalue weighted by molar-refractivity contribution is 0.0601. The summed E-state index contributed by atoms with van der Waals surface area (Å²) in [6.07, 6.45) is 0. The maximum atomic E-state index is 11.3. The summed E-state index contributed by atoms with van der Waals surface area (Å²) in [5, 5.41) is 0. The standard InChI is InChI=1S/C12H17NO2.C2H6/c1-5-13(3)11-8-10(12(14)15-4)7-6-9(11)2;1-2/h6-8H,5H2,1-4H3;1-2H3. The smallest absolute Gasteiger partial charge is 0.337 e. The third-order valence-electron chi connectivity index (χ3n) is 2.52. The third-order valence-corrected chi connectivity index (χ3v) is 2.52. The maximum absolute atomic E-state index is 11.3. The summed E-state index contributed by atoms with van der Waals surface area (Å²) < 4.78 is 4.69. The molecule has 17 heavy (non-hydrogen) atoms. The molecule has 1 aromatic carbocycles. The van der Waals surface area contributed by atoms with Gasteiger partial charge in [-0.1, -0.05) is 19.9 Å². The molecule has 96 valence electrons. The zero-order chi connectivity index (χ0) is 13.4. The van der Waals surface area contributed by atoms with Crippen molar-refractivity contribution in [1.29, 1.82) is 0 Å². The summed E-state index contributed by atoms with van der Waals surface area (Å²) in [5.74, 6) is -0.291. The van der Waals surface area contributed by atoms with E-state index >= 15 is 0 Å². The molecule has 3 nitrogen and oxygen atoms in total. The Morgan fingerprint density at radius 2 is 1.94 bits per heavy atom.